The van der Waals surface area contributed by atoms with Gasteiger partial charge in [0.05, 0.1) is 4.88 Å². The van der Waals surface area contributed by atoms with Crippen molar-refractivity contribution in [1.82, 2.24) is 5.32 Å². The summed E-state index contributed by atoms with van der Waals surface area (Å²) in [6, 6.07) is 1.02. The molecule has 15 heavy (non-hydrogen) atoms. The molecule has 1 atom stereocenters. The molecule has 1 heterocycles. The van der Waals surface area contributed by atoms with Gasteiger partial charge in [-0.05, 0) is 30.4 Å². The number of amides is 1. The van der Waals surface area contributed by atoms with Gasteiger partial charge in [-0.25, -0.2) is 0 Å². The van der Waals surface area contributed by atoms with E-state index in [0.717, 1.165) is 12.0 Å². The van der Waals surface area contributed by atoms with E-state index in [1.807, 2.05) is 18.4 Å². The minimum Gasteiger partial charge on any atom is -0.480 e. The molecule has 4 nitrogen and oxygen atoms in total. The monoisotopic (exact) mass is 227 g/mol. The molecule has 0 aliphatic carbocycles. The zero-order valence-electron chi connectivity index (χ0n) is 8.61. The number of nitrogens with one attached hydrogen (secondary N) is 1. The van der Waals surface area contributed by atoms with E-state index in [4.69, 9.17) is 5.11 Å². The average Bonchev–Trinajstić information content (AvgIpc) is 2.64. The third-order valence-corrected chi connectivity index (χ3v) is 3.01. The van der Waals surface area contributed by atoms with Crippen LogP contribution in [-0.2, 0) is 11.2 Å². The number of aliphatic carboxylic acids is 1. The number of thiophene rings is 1. The van der Waals surface area contributed by atoms with E-state index >= 15 is 0 Å². The zero-order chi connectivity index (χ0) is 11.4. The second-order valence-electron chi connectivity index (χ2n) is 3.16. The van der Waals surface area contributed by atoms with Crippen LogP contribution >= 0.6 is 11.3 Å². The third-order valence-electron chi connectivity index (χ3n) is 2.05. The summed E-state index contributed by atoms with van der Waals surface area (Å²) in [5, 5.41) is 12.9. The number of carboxylic acids is 1. The number of hydrogen-bond donors (Lipinski definition) is 2. The SMILES string of the molecule is CCc1ccsc1C(=O)N[C@H](C)C(=O)O. The molecule has 0 aromatic carbocycles. The molecule has 0 bridgehead atoms. The van der Waals surface area contributed by atoms with Crippen molar-refractivity contribution in [3.05, 3.63) is 21.9 Å². The minimum absolute atomic E-state index is 0.309. The molecule has 5 heteroatoms. The Labute approximate surface area is 91.9 Å². The van der Waals surface area contributed by atoms with Crippen molar-refractivity contribution in [2.24, 2.45) is 0 Å². The molecule has 0 fully saturated rings. The van der Waals surface area contributed by atoms with Crippen molar-refractivity contribution in [3.8, 4) is 0 Å². The van der Waals surface area contributed by atoms with Crippen LogP contribution in [0.15, 0.2) is 11.4 Å². The number of carbonyl (C=O) groups is 2. The largest absolute Gasteiger partial charge is 0.480 e. The Bertz CT molecular complexity index is 372. The minimum atomic E-state index is -1.03. The van der Waals surface area contributed by atoms with E-state index in [2.05, 4.69) is 5.32 Å². The van der Waals surface area contributed by atoms with E-state index in [1.165, 1.54) is 18.3 Å². The summed E-state index contributed by atoms with van der Waals surface area (Å²) >= 11 is 1.33. The second-order valence-corrected chi connectivity index (χ2v) is 4.08. The van der Waals surface area contributed by atoms with Gasteiger partial charge < -0.3 is 10.4 Å². The highest BCUT2D eigenvalue weighted by Crippen LogP contribution is 2.17. The fourth-order valence-electron chi connectivity index (χ4n) is 1.14. The van der Waals surface area contributed by atoms with E-state index in [0.29, 0.717) is 4.88 Å². The van der Waals surface area contributed by atoms with Crippen molar-refractivity contribution in [3.63, 3.8) is 0 Å². The third kappa shape index (κ3) is 2.79. The number of carbonyl (C=O) groups excluding carboxylic acids is 1. The van der Waals surface area contributed by atoms with Crippen molar-refractivity contribution < 1.29 is 14.7 Å². The smallest absolute Gasteiger partial charge is 0.325 e. The van der Waals surface area contributed by atoms with Crippen LogP contribution < -0.4 is 5.32 Å². The molecule has 0 radical (unpaired) electrons. The normalized spacial score (nSPS) is 12.1. The van der Waals surface area contributed by atoms with Gasteiger partial charge in [0.25, 0.3) is 5.91 Å². The van der Waals surface area contributed by atoms with Crippen LogP contribution in [0.2, 0.25) is 0 Å². The van der Waals surface area contributed by atoms with Crippen LogP contribution in [0.1, 0.15) is 29.1 Å². The molecule has 0 aliphatic rings. The molecule has 1 amide bonds. The van der Waals surface area contributed by atoms with Gasteiger partial charge in [0, 0.05) is 0 Å². The van der Waals surface area contributed by atoms with Gasteiger partial charge in [0.15, 0.2) is 0 Å². The summed E-state index contributed by atoms with van der Waals surface area (Å²) in [6.45, 7) is 3.40. The Morgan fingerprint density at radius 1 is 1.60 bits per heavy atom. The van der Waals surface area contributed by atoms with Crippen molar-refractivity contribution >= 4 is 23.2 Å². The van der Waals surface area contributed by atoms with E-state index in [1.54, 1.807) is 0 Å². The highest BCUT2D eigenvalue weighted by atomic mass is 32.1. The Balaban J connectivity index is 2.73. The maximum absolute atomic E-state index is 11.6. The maximum Gasteiger partial charge on any atom is 0.325 e. The predicted molar refractivity (Wildman–Crippen MR) is 58.3 cm³/mol. The highest BCUT2D eigenvalue weighted by Gasteiger charge is 2.17. The average molecular weight is 227 g/mol. The Morgan fingerprint density at radius 2 is 2.27 bits per heavy atom. The van der Waals surface area contributed by atoms with Gasteiger partial charge >= 0.3 is 5.97 Å². The first kappa shape index (κ1) is 11.7. The maximum atomic E-state index is 11.6. The summed E-state index contributed by atoms with van der Waals surface area (Å²) in [5.74, 6) is -1.34. The topological polar surface area (TPSA) is 66.4 Å². The Hall–Kier alpha value is -1.36. The summed E-state index contributed by atoms with van der Waals surface area (Å²) < 4.78 is 0. The molecule has 0 unspecified atom stereocenters. The molecule has 0 aliphatic heterocycles. The molecule has 2 N–H and O–H groups in total. The number of aryl methyl sites for hydroxylation is 1. The number of hydrogen-bond acceptors (Lipinski definition) is 3. The van der Waals surface area contributed by atoms with E-state index in [9.17, 15) is 9.59 Å². The lowest BCUT2D eigenvalue weighted by atomic mass is 10.2. The zero-order valence-corrected chi connectivity index (χ0v) is 9.43. The highest BCUT2D eigenvalue weighted by molar-refractivity contribution is 7.12. The molecule has 0 saturated carbocycles. The van der Waals surface area contributed by atoms with Crippen LogP contribution in [0.5, 0.6) is 0 Å². The summed E-state index contributed by atoms with van der Waals surface area (Å²) in [7, 11) is 0. The molecule has 0 saturated heterocycles. The molecule has 0 spiro atoms. The van der Waals surface area contributed by atoms with Gasteiger partial charge in [-0.3, -0.25) is 9.59 Å². The first-order valence-electron chi connectivity index (χ1n) is 4.66. The van der Waals surface area contributed by atoms with Gasteiger partial charge in [-0.15, -0.1) is 11.3 Å². The lowest BCUT2D eigenvalue weighted by Crippen LogP contribution is -2.38. The van der Waals surface area contributed by atoms with Crippen LogP contribution in [0.3, 0.4) is 0 Å². The predicted octanol–water partition coefficient (Wildman–Crippen LogP) is 1.51. The fourth-order valence-corrected chi connectivity index (χ4v) is 2.04. The summed E-state index contributed by atoms with van der Waals surface area (Å²) in [4.78, 5) is 22.8. The van der Waals surface area contributed by atoms with Gasteiger partial charge in [-0.2, -0.15) is 0 Å². The van der Waals surface area contributed by atoms with Crippen molar-refractivity contribution in [1.29, 1.82) is 0 Å². The number of carboxylic acid groups (broad SMARTS) is 1. The Kier molecular flexibility index (Phi) is 3.85. The van der Waals surface area contributed by atoms with E-state index in [-0.39, 0.29) is 5.91 Å². The van der Waals surface area contributed by atoms with Crippen LogP contribution in [-0.4, -0.2) is 23.0 Å². The number of rotatable bonds is 4. The molecular formula is C10H13NO3S. The van der Waals surface area contributed by atoms with Gasteiger partial charge in [0.1, 0.15) is 6.04 Å². The standard InChI is InChI=1S/C10H13NO3S/c1-3-7-4-5-15-8(7)9(12)11-6(2)10(13)14/h4-6H,3H2,1-2H3,(H,11,12)(H,13,14)/t6-/m1/s1. The molecule has 1 aromatic heterocycles. The van der Waals surface area contributed by atoms with Gasteiger partial charge in [-0.1, -0.05) is 6.92 Å². The molecule has 1 aromatic rings. The van der Waals surface area contributed by atoms with Crippen molar-refractivity contribution in [2.45, 2.75) is 26.3 Å². The van der Waals surface area contributed by atoms with Crippen LogP contribution in [0.25, 0.3) is 0 Å². The second kappa shape index (κ2) is 4.93. The quantitative estimate of drug-likeness (QED) is 0.819. The molecule has 1 rings (SSSR count). The summed E-state index contributed by atoms with van der Waals surface area (Å²) in [6.07, 6.45) is 0.772. The van der Waals surface area contributed by atoms with Crippen molar-refractivity contribution in [2.75, 3.05) is 0 Å². The summed E-state index contributed by atoms with van der Waals surface area (Å²) in [5.41, 5.74) is 0.954. The van der Waals surface area contributed by atoms with Gasteiger partial charge in [0.2, 0.25) is 0 Å². The molecular weight excluding hydrogens is 214 g/mol. The lowest BCUT2D eigenvalue weighted by molar-refractivity contribution is -0.138. The van der Waals surface area contributed by atoms with Crippen LogP contribution in [0.4, 0.5) is 0 Å². The van der Waals surface area contributed by atoms with E-state index < -0.39 is 12.0 Å². The fraction of sp³-hybridized carbons (Fsp3) is 0.400. The first-order chi connectivity index (χ1) is 7.06. The lowest BCUT2D eigenvalue weighted by Gasteiger charge is -2.08. The first-order valence-corrected chi connectivity index (χ1v) is 5.54. The Morgan fingerprint density at radius 3 is 2.80 bits per heavy atom. The molecule has 82 valence electrons. The van der Waals surface area contributed by atoms with Crippen LogP contribution in [0, 0.1) is 0 Å².